The highest BCUT2D eigenvalue weighted by atomic mass is 35.5. The van der Waals surface area contributed by atoms with Crippen molar-refractivity contribution < 1.29 is 19.4 Å². The molecule has 0 spiro atoms. The molecule has 7 nitrogen and oxygen atoms in total. The van der Waals surface area contributed by atoms with Gasteiger partial charge in [0.2, 0.25) is 0 Å². The molecule has 0 aliphatic rings. The van der Waals surface area contributed by atoms with Crippen LogP contribution < -0.4 is 15.5 Å². The Hall–Kier alpha value is -3.62. The number of thiophene rings is 1. The van der Waals surface area contributed by atoms with E-state index in [1.807, 2.05) is 17.5 Å². The minimum Gasteiger partial charge on any atom is -0.504 e. The third-order valence-corrected chi connectivity index (χ3v) is 5.17. The SMILES string of the molecule is COc1cc(C=NNC(=O)C(=Cc2cccs2)NC(=O)c2ccccc2Cl)ccc1O. The van der Waals surface area contributed by atoms with Crippen LogP contribution in [-0.4, -0.2) is 30.2 Å². The second kappa shape index (κ2) is 10.4. The Morgan fingerprint density at radius 3 is 2.68 bits per heavy atom. The van der Waals surface area contributed by atoms with Crippen molar-refractivity contribution in [1.29, 1.82) is 0 Å². The lowest BCUT2D eigenvalue weighted by Gasteiger charge is -2.09. The molecule has 0 aliphatic heterocycles. The number of hydrogen-bond acceptors (Lipinski definition) is 6. The van der Waals surface area contributed by atoms with Crippen LogP contribution in [0.1, 0.15) is 20.8 Å². The molecule has 0 unspecified atom stereocenters. The van der Waals surface area contributed by atoms with Gasteiger partial charge in [-0.25, -0.2) is 5.43 Å². The predicted octanol–water partition coefficient (Wildman–Crippen LogP) is 4.04. The van der Waals surface area contributed by atoms with Gasteiger partial charge in [0.15, 0.2) is 11.5 Å². The van der Waals surface area contributed by atoms with Gasteiger partial charge in [-0.05, 0) is 53.4 Å². The highest BCUT2D eigenvalue weighted by Gasteiger charge is 2.16. The Labute approximate surface area is 187 Å². The van der Waals surface area contributed by atoms with Crippen molar-refractivity contribution >= 4 is 47.0 Å². The number of nitrogens with zero attached hydrogens (tertiary/aromatic N) is 1. The summed E-state index contributed by atoms with van der Waals surface area (Å²) in [5.41, 5.74) is 3.23. The van der Waals surface area contributed by atoms with E-state index in [4.69, 9.17) is 16.3 Å². The number of hydrogen-bond donors (Lipinski definition) is 3. The highest BCUT2D eigenvalue weighted by molar-refractivity contribution is 7.10. The normalized spacial score (nSPS) is 11.4. The van der Waals surface area contributed by atoms with Gasteiger partial charge in [-0.1, -0.05) is 29.8 Å². The Balaban J connectivity index is 1.77. The summed E-state index contributed by atoms with van der Waals surface area (Å²) < 4.78 is 5.04. The number of phenols is 1. The first kappa shape index (κ1) is 22.1. The minimum absolute atomic E-state index is 0.00723. The number of carbonyl (C=O) groups excluding carboxylic acids is 2. The van der Waals surface area contributed by atoms with E-state index in [2.05, 4.69) is 15.8 Å². The molecule has 0 aliphatic carbocycles. The van der Waals surface area contributed by atoms with Gasteiger partial charge in [-0.3, -0.25) is 9.59 Å². The van der Waals surface area contributed by atoms with Crippen molar-refractivity contribution in [2.75, 3.05) is 7.11 Å². The number of methoxy groups -OCH3 is 1. The number of aromatic hydroxyl groups is 1. The van der Waals surface area contributed by atoms with Gasteiger partial charge in [0.05, 0.1) is 23.9 Å². The number of phenolic OH excluding ortho intramolecular Hbond substituents is 1. The van der Waals surface area contributed by atoms with E-state index in [0.717, 1.165) is 4.88 Å². The molecule has 0 fully saturated rings. The van der Waals surface area contributed by atoms with E-state index in [-0.39, 0.29) is 27.8 Å². The maximum absolute atomic E-state index is 12.7. The Morgan fingerprint density at radius 2 is 1.97 bits per heavy atom. The van der Waals surface area contributed by atoms with E-state index in [1.165, 1.54) is 30.7 Å². The molecule has 31 heavy (non-hydrogen) atoms. The first-order valence-corrected chi connectivity index (χ1v) is 10.2. The Morgan fingerprint density at radius 1 is 1.16 bits per heavy atom. The molecule has 1 aromatic heterocycles. The van der Waals surface area contributed by atoms with Gasteiger partial charge < -0.3 is 15.2 Å². The molecule has 0 saturated heterocycles. The van der Waals surface area contributed by atoms with E-state index in [9.17, 15) is 14.7 Å². The average Bonchev–Trinajstić information content (AvgIpc) is 3.27. The molecule has 158 valence electrons. The van der Waals surface area contributed by atoms with Gasteiger partial charge in [-0.15, -0.1) is 11.3 Å². The van der Waals surface area contributed by atoms with Crippen LogP contribution in [0.15, 0.2) is 70.8 Å². The quantitative estimate of drug-likeness (QED) is 0.284. The molecular weight excluding hydrogens is 438 g/mol. The minimum atomic E-state index is -0.615. The van der Waals surface area contributed by atoms with Crippen LogP contribution in [0.3, 0.4) is 0 Å². The summed E-state index contributed by atoms with van der Waals surface area (Å²) in [5.74, 6) is -0.862. The summed E-state index contributed by atoms with van der Waals surface area (Å²) in [5, 5.41) is 18.3. The fourth-order valence-electron chi connectivity index (χ4n) is 2.51. The number of rotatable bonds is 7. The molecule has 9 heteroatoms. The molecule has 0 atom stereocenters. The van der Waals surface area contributed by atoms with E-state index in [0.29, 0.717) is 5.56 Å². The lowest BCUT2D eigenvalue weighted by molar-refractivity contribution is -0.117. The van der Waals surface area contributed by atoms with Crippen LogP contribution in [0.25, 0.3) is 6.08 Å². The zero-order valence-corrected chi connectivity index (χ0v) is 17.9. The summed E-state index contributed by atoms with van der Waals surface area (Å²) in [7, 11) is 1.43. The number of amides is 2. The molecule has 3 rings (SSSR count). The number of nitrogens with one attached hydrogen (secondary N) is 2. The third kappa shape index (κ3) is 5.94. The molecule has 0 radical (unpaired) electrons. The largest absolute Gasteiger partial charge is 0.504 e. The second-order valence-corrected chi connectivity index (χ2v) is 7.52. The standard InChI is InChI=1S/C22H18ClN3O4S/c1-30-20-11-14(8-9-19(20)27)13-24-26-22(29)18(12-15-5-4-10-31-15)25-21(28)16-6-2-3-7-17(16)23/h2-13,27H,1H3,(H,25,28)(H,26,29). The van der Waals surface area contributed by atoms with Gasteiger partial charge >= 0.3 is 0 Å². The summed E-state index contributed by atoms with van der Waals surface area (Å²) in [6.45, 7) is 0. The van der Waals surface area contributed by atoms with Crippen molar-refractivity contribution in [1.82, 2.24) is 10.7 Å². The molecule has 2 amide bonds. The van der Waals surface area contributed by atoms with Gasteiger partial charge in [0.1, 0.15) is 5.70 Å². The van der Waals surface area contributed by atoms with Crippen molar-refractivity contribution in [3.63, 3.8) is 0 Å². The second-order valence-electron chi connectivity index (χ2n) is 6.14. The van der Waals surface area contributed by atoms with Crippen molar-refractivity contribution in [3.8, 4) is 11.5 Å². The number of benzene rings is 2. The van der Waals surface area contributed by atoms with Gasteiger partial charge in [-0.2, -0.15) is 5.10 Å². The maximum atomic E-state index is 12.7. The number of ether oxygens (including phenoxy) is 1. The molecule has 3 aromatic rings. The lowest BCUT2D eigenvalue weighted by Crippen LogP contribution is -2.32. The van der Waals surface area contributed by atoms with Crippen molar-refractivity contribution in [2.45, 2.75) is 0 Å². The zero-order chi connectivity index (χ0) is 22.2. The number of carbonyl (C=O) groups is 2. The Bertz CT molecular complexity index is 1140. The summed E-state index contributed by atoms with van der Waals surface area (Å²) >= 11 is 7.49. The first-order chi connectivity index (χ1) is 15.0. The summed E-state index contributed by atoms with van der Waals surface area (Å²) in [6.07, 6.45) is 2.94. The predicted molar refractivity (Wildman–Crippen MR) is 122 cm³/mol. The molecule has 0 bridgehead atoms. The molecule has 0 saturated carbocycles. The van der Waals surface area contributed by atoms with Gasteiger partial charge in [0.25, 0.3) is 11.8 Å². The van der Waals surface area contributed by atoms with E-state index >= 15 is 0 Å². The molecular formula is C22H18ClN3O4S. The monoisotopic (exact) mass is 455 g/mol. The lowest BCUT2D eigenvalue weighted by atomic mass is 10.2. The smallest absolute Gasteiger partial charge is 0.287 e. The Kier molecular flexibility index (Phi) is 7.42. The molecule has 1 heterocycles. The first-order valence-electron chi connectivity index (χ1n) is 8.99. The third-order valence-electron chi connectivity index (χ3n) is 4.02. The van der Waals surface area contributed by atoms with Crippen molar-refractivity contribution in [2.24, 2.45) is 5.10 Å². The van der Waals surface area contributed by atoms with E-state index < -0.39 is 11.8 Å². The fraction of sp³-hybridized carbons (Fsp3) is 0.0455. The van der Waals surface area contributed by atoms with Crippen LogP contribution in [0, 0.1) is 0 Å². The summed E-state index contributed by atoms with van der Waals surface area (Å²) in [6, 6.07) is 14.8. The van der Waals surface area contributed by atoms with Crippen LogP contribution in [0.2, 0.25) is 5.02 Å². The van der Waals surface area contributed by atoms with Crippen LogP contribution in [0.5, 0.6) is 11.5 Å². The van der Waals surface area contributed by atoms with Crippen molar-refractivity contribution in [3.05, 3.63) is 86.7 Å². The molecule has 3 N–H and O–H groups in total. The topological polar surface area (TPSA) is 100 Å². The van der Waals surface area contributed by atoms with Gasteiger partial charge in [0, 0.05) is 4.88 Å². The van der Waals surface area contributed by atoms with Crippen LogP contribution in [0.4, 0.5) is 0 Å². The van der Waals surface area contributed by atoms with Crippen LogP contribution in [-0.2, 0) is 4.79 Å². The number of halogens is 1. The fourth-order valence-corrected chi connectivity index (χ4v) is 3.39. The summed E-state index contributed by atoms with van der Waals surface area (Å²) in [4.78, 5) is 26.1. The zero-order valence-electron chi connectivity index (χ0n) is 16.3. The number of hydrazone groups is 1. The highest BCUT2D eigenvalue weighted by Crippen LogP contribution is 2.25. The molecule has 2 aromatic carbocycles. The average molecular weight is 456 g/mol. The van der Waals surface area contributed by atoms with Crippen LogP contribution >= 0.6 is 22.9 Å². The maximum Gasteiger partial charge on any atom is 0.287 e. The van der Waals surface area contributed by atoms with E-state index in [1.54, 1.807) is 42.5 Å².